The van der Waals surface area contributed by atoms with Crippen LogP contribution >= 0.6 is 0 Å². The molecule has 0 aliphatic carbocycles. The van der Waals surface area contributed by atoms with E-state index in [1.165, 1.54) is 35.7 Å². The van der Waals surface area contributed by atoms with Gasteiger partial charge in [0.15, 0.2) is 5.69 Å². The zero-order chi connectivity index (χ0) is 20.2. The van der Waals surface area contributed by atoms with Crippen LogP contribution in [0.3, 0.4) is 0 Å². The van der Waals surface area contributed by atoms with Crippen molar-refractivity contribution in [1.29, 1.82) is 0 Å². The summed E-state index contributed by atoms with van der Waals surface area (Å²) in [6.07, 6.45) is 4.16. The molecule has 0 unspecified atom stereocenters. The SMILES string of the molecule is CCN1CCC[C@H](CN(C)C(=O)c2cn(Cc3cccc4ccccc34)nn2)C1. The van der Waals surface area contributed by atoms with Gasteiger partial charge in [0.1, 0.15) is 0 Å². The van der Waals surface area contributed by atoms with E-state index in [0.29, 0.717) is 18.2 Å². The molecule has 0 N–H and O–H groups in total. The zero-order valence-corrected chi connectivity index (χ0v) is 17.3. The van der Waals surface area contributed by atoms with Crippen LogP contribution in [0.4, 0.5) is 0 Å². The molecule has 2 aromatic carbocycles. The summed E-state index contributed by atoms with van der Waals surface area (Å²) >= 11 is 0. The molecule has 0 bridgehead atoms. The summed E-state index contributed by atoms with van der Waals surface area (Å²) in [7, 11) is 1.87. The molecule has 6 heteroatoms. The van der Waals surface area contributed by atoms with Crippen molar-refractivity contribution in [3.63, 3.8) is 0 Å². The predicted molar refractivity (Wildman–Crippen MR) is 115 cm³/mol. The lowest BCUT2D eigenvalue weighted by atomic mass is 9.97. The van der Waals surface area contributed by atoms with Crippen molar-refractivity contribution in [2.45, 2.75) is 26.3 Å². The number of carbonyl (C=O) groups is 1. The van der Waals surface area contributed by atoms with E-state index in [1.807, 2.05) is 19.2 Å². The Kier molecular flexibility index (Phi) is 5.90. The van der Waals surface area contributed by atoms with Gasteiger partial charge in [-0.15, -0.1) is 5.10 Å². The Labute approximate surface area is 172 Å². The third kappa shape index (κ3) is 4.48. The first-order valence-corrected chi connectivity index (χ1v) is 10.5. The van der Waals surface area contributed by atoms with E-state index in [4.69, 9.17) is 0 Å². The minimum Gasteiger partial charge on any atom is -0.340 e. The van der Waals surface area contributed by atoms with Gasteiger partial charge in [-0.25, -0.2) is 4.68 Å². The Morgan fingerprint density at radius 3 is 2.90 bits per heavy atom. The van der Waals surface area contributed by atoms with Gasteiger partial charge in [0.25, 0.3) is 5.91 Å². The minimum absolute atomic E-state index is 0.0530. The molecule has 1 fully saturated rings. The lowest BCUT2D eigenvalue weighted by Gasteiger charge is -2.33. The summed E-state index contributed by atoms with van der Waals surface area (Å²) in [5.74, 6) is 0.478. The molecule has 3 aromatic rings. The number of carbonyl (C=O) groups excluding carboxylic acids is 1. The fourth-order valence-electron chi connectivity index (χ4n) is 4.33. The molecular formula is C23H29N5O. The molecule has 1 aliphatic heterocycles. The maximum absolute atomic E-state index is 12.8. The van der Waals surface area contributed by atoms with Crippen molar-refractivity contribution in [3.8, 4) is 0 Å². The number of nitrogens with zero attached hydrogens (tertiary/aromatic N) is 5. The standard InChI is InChI=1S/C23H29N5O/c1-3-27-13-7-8-18(15-27)14-26(2)23(29)22-17-28(25-24-22)16-20-11-6-10-19-9-4-5-12-21(19)20/h4-6,9-12,17-18H,3,7-8,13-16H2,1-2H3/t18-/m1/s1. The molecule has 1 saturated heterocycles. The highest BCUT2D eigenvalue weighted by Gasteiger charge is 2.23. The smallest absolute Gasteiger partial charge is 0.275 e. The summed E-state index contributed by atoms with van der Waals surface area (Å²) in [5, 5.41) is 10.8. The molecule has 1 amide bonds. The highest BCUT2D eigenvalue weighted by atomic mass is 16.2. The molecule has 1 atom stereocenters. The Morgan fingerprint density at radius 2 is 2.03 bits per heavy atom. The largest absolute Gasteiger partial charge is 0.340 e. The van der Waals surface area contributed by atoms with Crippen LogP contribution in [0.15, 0.2) is 48.7 Å². The molecule has 0 spiro atoms. The lowest BCUT2D eigenvalue weighted by molar-refractivity contribution is 0.0727. The van der Waals surface area contributed by atoms with E-state index >= 15 is 0 Å². The van der Waals surface area contributed by atoms with Crippen LogP contribution in [0.2, 0.25) is 0 Å². The Bertz CT molecular complexity index is 977. The molecule has 1 aromatic heterocycles. The number of likely N-dealkylation sites (tertiary alicyclic amines) is 1. The number of hydrogen-bond acceptors (Lipinski definition) is 4. The lowest BCUT2D eigenvalue weighted by Crippen LogP contribution is -2.41. The van der Waals surface area contributed by atoms with Crippen molar-refractivity contribution >= 4 is 16.7 Å². The number of hydrogen-bond donors (Lipinski definition) is 0. The topological polar surface area (TPSA) is 54.3 Å². The highest BCUT2D eigenvalue weighted by Crippen LogP contribution is 2.20. The van der Waals surface area contributed by atoms with Crippen LogP contribution in [-0.2, 0) is 6.54 Å². The van der Waals surface area contributed by atoms with E-state index < -0.39 is 0 Å². The van der Waals surface area contributed by atoms with Crippen LogP contribution in [-0.4, -0.2) is 63.9 Å². The van der Waals surface area contributed by atoms with Crippen LogP contribution in [0, 0.1) is 5.92 Å². The second-order valence-corrected chi connectivity index (χ2v) is 8.03. The summed E-state index contributed by atoms with van der Waals surface area (Å²) in [5.41, 5.74) is 1.58. The normalized spacial score (nSPS) is 17.5. The number of aromatic nitrogens is 3. The van der Waals surface area contributed by atoms with E-state index in [2.05, 4.69) is 52.5 Å². The number of piperidine rings is 1. The fraction of sp³-hybridized carbons (Fsp3) is 0.435. The molecule has 6 nitrogen and oxygen atoms in total. The average Bonchev–Trinajstić information content (AvgIpc) is 3.22. The van der Waals surface area contributed by atoms with Crippen molar-refractivity contribution in [2.24, 2.45) is 5.92 Å². The molecule has 0 saturated carbocycles. The van der Waals surface area contributed by atoms with Crippen molar-refractivity contribution in [2.75, 3.05) is 33.2 Å². The number of benzene rings is 2. The molecule has 1 aliphatic rings. The Hall–Kier alpha value is -2.73. The summed E-state index contributed by atoms with van der Waals surface area (Å²) in [6.45, 7) is 6.89. The van der Waals surface area contributed by atoms with Crippen LogP contribution in [0.5, 0.6) is 0 Å². The molecule has 4 rings (SSSR count). The third-order valence-corrected chi connectivity index (χ3v) is 5.90. The quantitative estimate of drug-likeness (QED) is 0.647. The van der Waals surface area contributed by atoms with E-state index in [9.17, 15) is 4.79 Å². The van der Waals surface area contributed by atoms with Crippen LogP contribution < -0.4 is 0 Å². The van der Waals surface area contributed by atoms with Crippen LogP contribution in [0.1, 0.15) is 35.8 Å². The van der Waals surface area contributed by atoms with Crippen LogP contribution in [0.25, 0.3) is 10.8 Å². The highest BCUT2D eigenvalue weighted by molar-refractivity contribution is 5.91. The first kappa shape index (κ1) is 19.6. The number of rotatable bonds is 6. The van der Waals surface area contributed by atoms with Gasteiger partial charge in [-0.2, -0.15) is 0 Å². The average molecular weight is 392 g/mol. The van der Waals surface area contributed by atoms with E-state index in [1.54, 1.807) is 15.8 Å². The molecule has 29 heavy (non-hydrogen) atoms. The minimum atomic E-state index is -0.0530. The van der Waals surface area contributed by atoms with Gasteiger partial charge in [0.05, 0.1) is 12.7 Å². The number of amides is 1. The summed E-state index contributed by atoms with van der Waals surface area (Å²) < 4.78 is 1.75. The van der Waals surface area contributed by atoms with Gasteiger partial charge in [-0.1, -0.05) is 54.6 Å². The van der Waals surface area contributed by atoms with Gasteiger partial charge in [-0.05, 0) is 48.2 Å². The molecule has 2 heterocycles. The maximum atomic E-state index is 12.8. The van der Waals surface area contributed by atoms with Crippen molar-refractivity contribution in [1.82, 2.24) is 24.8 Å². The van der Waals surface area contributed by atoms with E-state index in [0.717, 1.165) is 19.6 Å². The zero-order valence-electron chi connectivity index (χ0n) is 17.3. The van der Waals surface area contributed by atoms with E-state index in [-0.39, 0.29) is 5.91 Å². The van der Waals surface area contributed by atoms with Gasteiger partial charge in [-0.3, -0.25) is 4.79 Å². The molecular weight excluding hydrogens is 362 g/mol. The number of fused-ring (bicyclic) bond motifs is 1. The molecule has 0 radical (unpaired) electrons. The first-order valence-electron chi connectivity index (χ1n) is 10.5. The summed E-state index contributed by atoms with van der Waals surface area (Å²) in [4.78, 5) is 17.1. The first-order chi connectivity index (χ1) is 14.1. The Morgan fingerprint density at radius 1 is 1.21 bits per heavy atom. The second kappa shape index (κ2) is 8.74. The molecule has 152 valence electrons. The van der Waals surface area contributed by atoms with Gasteiger partial charge >= 0.3 is 0 Å². The van der Waals surface area contributed by atoms with Gasteiger partial charge in [0.2, 0.25) is 0 Å². The fourth-order valence-corrected chi connectivity index (χ4v) is 4.33. The maximum Gasteiger partial charge on any atom is 0.275 e. The second-order valence-electron chi connectivity index (χ2n) is 8.03. The Balaban J connectivity index is 1.42. The predicted octanol–water partition coefficient (Wildman–Crippen LogP) is 3.28. The van der Waals surface area contributed by atoms with Crippen molar-refractivity contribution in [3.05, 3.63) is 59.9 Å². The summed E-state index contributed by atoms with van der Waals surface area (Å²) in [6, 6.07) is 14.6. The van der Waals surface area contributed by atoms with Gasteiger partial charge in [0, 0.05) is 20.1 Å². The monoisotopic (exact) mass is 391 g/mol. The third-order valence-electron chi connectivity index (χ3n) is 5.90. The van der Waals surface area contributed by atoms with Gasteiger partial charge < -0.3 is 9.80 Å². The van der Waals surface area contributed by atoms with Crippen molar-refractivity contribution < 1.29 is 4.79 Å².